The number of hydrogen-bond donors (Lipinski definition) is 0. The van der Waals surface area contributed by atoms with Gasteiger partial charge in [-0.1, -0.05) is 40.9 Å². The molecule has 3 unspecified atom stereocenters. The molecule has 0 saturated heterocycles. The summed E-state index contributed by atoms with van der Waals surface area (Å²) in [6, 6.07) is 8.35. The molecule has 0 fully saturated rings. The molecule has 3 atom stereocenters. The summed E-state index contributed by atoms with van der Waals surface area (Å²) >= 11 is 7.34. The number of rotatable bonds is 26. The van der Waals surface area contributed by atoms with Crippen molar-refractivity contribution in [2.45, 2.75) is 90.0 Å². The molecule has 12 heteroatoms. The van der Waals surface area contributed by atoms with Gasteiger partial charge in [-0.05, 0) is 115 Å². The first-order chi connectivity index (χ1) is 24.9. The largest absolute Gasteiger partial charge is 0.489 e. The second-order valence-electron chi connectivity index (χ2n) is 11.8. The lowest BCUT2D eigenvalue weighted by molar-refractivity contribution is -0.173. The van der Waals surface area contributed by atoms with E-state index in [9.17, 15) is 9.59 Å². The van der Waals surface area contributed by atoms with Crippen molar-refractivity contribution in [1.29, 1.82) is 0 Å². The van der Waals surface area contributed by atoms with Gasteiger partial charge in [0.2, 0.25) is 6.29 Å². The zero-order valence-corrected chi connectivity index (χ0v) is 35.6. The number of ether oxygens (including phenoxy) is 6. The Bertz CT molecular complexity index is 1380. The van der Waals surface area contributed by atoms with E-state index in [1.54, 1.807) is 6.92 Å². The van der Waals surface area contributed by atoms with Gasteiger partial charge < -0.3 is 28.4 Å². The molecule has 290 valence electrons. The van der Waals surface area contributed by atoms with Gasteiger partial charge in [0, 0.05) is 12.2 Å². The van der Waals surface area contributed by atoms with Crippen LogP contribution in [0.4, 0.5) is 0 Å². The summed E-state index contributed by atoms with van der Waals surface area (Å²) in [5, 5.41) is 0. The first kappa shape index (κ1) is 45.9. The highest BCUT2D eigenvalue weighted by Crippen LogP contribution is 2.35. The van der Waals surface area contributed by atoms with Crippen molar-refractivity contribution in [2.24, 2.45) is 0 Å². The fourth-order valence-corrected chi connectivity index (χ4v) is 9.95. The number of hydrogen-bond acceptors (Lipinski definition) is 12. The predicted molar refractivity (Wildman–Crippen MR) is 223 cm³/mol. The second kappa shape index (κ2) is 25.0. The molecule has 52 heavy (non-hydrogen) atoms. The van der Waals surface area contributed by atoms with Gasteiger partial charge in [0.1, 0.15) is 18.1 Å². The normalized spacial score (nSPS) is 13.1. The Hall–Kier alpha value is -2.22. The molecule has 2 rings (SSSR count). The number of esters is 2. The lowest BCUT2D eigenvalue weighted by Gasteiger charge is -2.28. The summed E-state index contributed by atoms with van der Waals surface area (Å²) in [6.45, 7) is 26.7. The summed E-state index contributed by atoms with van der Waals surface area (Å²) in [5.41, 5.74) is 5.81. The first-order valence-corrected chi connectivity index (χ1v) is 21.9. The maximum Gasteiger partial charge on any atom is 0.330 e. The van der Waals surface area contributed by atoms with Gasteiger partial charge in [0.25, 0.3) is 0 Å². The van der Waals surface area contributed by atoms with E-state index in [1.165, 1.54) is 0 Å². The van der Waals surface area contributed by atoms with Gasteiger partial charge >= 0.3 is 11.9 Å². The number of carbonyl (C=O) groups excluding carboxylic acids is 2. The Kier molecular flexibility index (Phi) is 22.1. The molecular weight excluding hydrogens is 737 g/mol. The standard InChI is InChI=1S/C40H58O8S4/c1-12-34(41)46-30(11)40(45-25-37(51-16-5)52-17-6)48-39-28(9)20-32(21-29(39)10)31-18-26(7)38(27(8)19-31)44-23-33(47-35(42)13-2)22-43-24-36(49-14-3)50-15-4/h12-13,18-21,30,33,36-37,40H,1-2,14-17,22-25H2,3-11H3. The Morgan fingerprint density at radius 2 is 1.10 bits per heavy atom. The van der Waals surface area contributed by atoms with Crippen molar-refractivity contribution in [1.82, 2.24) is 0 Å². The van der Waals surface area contributed by atoms with Crippen LogP contribution in [0.15, 0.2) is 49.6 Å². The van der Waals surface area contributed by atoms with Crippen molar-refractivity contribution in [3.8, 4) is 22.6 Å². The third kappa shape index (κ3) is 15.6. The van der Waals surface area contributed by atoms with Crippen LogP contribution in [0.5, 0.6) is 11.5 Å². The molecule has 0 aliphatic carbocycles. The predicted octanol–water partition coefficient (Wildman–Crippen LogP) is 9.58. The minimum absolute atomic E-state index is 0.149. The van der Waals surface area contributed by atoms with Gasteiger partial charge in [-0.2, -0.15) is 0 Å². The molecule has 0 radical (unpaired) electrons. The number of aryl methyl sites for hydroxylation is 4. The maximum atomic E-state index is 12.1. The number of carbonyl (C=O) groups is 2. The minimum Gasteiger partial charge on any atom is -0.489 e. The molecule has 2 aromatic rings. The van der Waals surface area contributed by atoms with Crippen molar-refractivity contribution < 1.29 is 38.0 Å². The van der Waals surface area contributed by atoms with E-state index in [2.05, 4.69) is 65.1 Å². The zero-order chi connectivity index (χ0) is 38.6. The van der Waals surface area contributed by atoms with Gasteiger partial charge in [0.05, 0.1) is 29.0 Å². The summed E-state index contributed by atoms with van der Waals surface area (Å²) in [6.07, 6.45) is 0.240. The molecule has 0 aromatic heterocycles. The van der Waals surface area contributed by atoms with E-state index in [1.807, 2.05) is 74.7 Å². The van der Waals surface area contributed by atoms with Crippen LogP contribution in [0, 0.1) is 27.7 Å². The molecule has 0 N–H and O–H groups in total. The van der Waals surface area contributed by atoms with E-state index in [4.69, 9.17) is 28.4 Å². The quantitative estimate of drug-likeness (QED) is 0.0516. The topological polar surface area (TPSA) is 89.5 Å². The number of thioether (sulfide) groups is 4. The molecule has 0 bridgehead atoms. The maximum absolute atomic E-state index is 12.1. The van der Waals surface area contributed by atoms with Crippen LogP contribution in [-0.4, -0.2) is 89.0 Å². The van der Waals surface area contributed by atoms with Crippen LogP contribution in [-0.2, 0) is 28.5 Å². The van der Waals surface area contributed by atoms with E-state index in [0.29, 0.717) is 23.5 Å². The molecule has 8 nitrogen and oxygen atoms in total. The van der Waals surface area contributed by atoms with Crippen molar-refractivity contribution in [2.75, 3.05) is 49.4 Å². The molecule has 0 aliphatic rings. The second-order valence-corrected chi connectivity index (χ2v) is 18.4. The molecule has 0 aliphatic heterocycles. The Morgan fingerprint density at radius 1 is 0.654 bits per heavy atom. The lowest BCUT2D eigenvalue weighted by atomic mass is 9.96. The molecule has 2 aromatic carbocycles. The minimum atomic E-state index is -0.808. The van der Waals surface area contributed by atoms with E-state index in [0.717, 1.165) is 74.3 Å². The fraction of sp³-hybridized carbons (Fsp3) is 0.550. The highest BCUT2D eigenvalue weighted by atomic mass is 32.2. The first-order valence-electron chi connectivity index (χ1n) is 17.7. The third-order valence-corrected chi connectivity index (χ3v) is 12.6. The van der Waals surface area contributed by atoms with Crippen LogP contribution in [0.25, 0.3) is 11.1 Å². The SMILES string of the molecule is C=CC(=O)OC(COCC(SCC)SCC)COc1c(C)cc(-c2cc(C)c(OC(OCC(SCC)SCC)C(C)OC(=O)C=C)c(C)c2)cc1C. The third-order valence-electron chi connectivity index (χ3n) is 7.57. The van der Waals surface area contributed by atoms with Crippen molar-refractivity contribution in [3.63, 3.8) is 0 Å². The fourth-order valence-electron chi connectivity index (χ4n) is 5.32. The average molecular weight is 795 g/mol. The molecule has 0 amide bonds. The summed E-state index contributed by atoms with van der Waals surface area (Å²) in [4.78, 5) is 24.2. The Balaban J connectivity index is 2.26. The molecule has 0 spiro atoms. The highest BCUT2D eigenvalue weighted by molar-refractivity contribution is 8.17. The summed E-state index contributed by atoms with van der Waals surface area (Å²) < 4.78 is 36.7. The van der Waals surface area contributed by atoms with Crippen LogP contribution in [0.1, 0.15) is 56.9 Å². The number of benzene rings is 2. The van der Waals surface area contributed by atoms with Gasteiger partial charge in [-0.15, -0.1) is 47.0 Å². The van der Waals surface area contributed by atoms with E-state index in [-0.39, 0.29) is 17.8 Å². The lowest BCUT2D eigenvalue weighted by Crippen LogP contribution is -2.37. The van der Waals surface area contributed by atoms with Crippen molar-refractivity contribution >= 4 is 59.0 Å². The summed E-state index contributed by atoms with van der Waals surface area (Å²) in [5.74, 6) is 4.33. The van der Waals surface area contributed by atoms with E-state index < -0.39 is 30.4 Å². The smallest absolute Gasteiger partial charge is 0.330 e. The Morgan fingerprint density at radius 3 is 1.56 bits per heavy atom. The van der Waals surface area contributed by atoms with Crippen LogP contribution in [0.2, 0.25) is 0 Å². The highest BCUT2D eigenvalue weighted by Gasteiger charge is 2.27. The van der Waals surface area contributed by atoms with Crippen LogP contribution >= 0.6 is 47.0 Å². The summed E-state index contributed by atoms with van der Waals surface area (Å²) in [7, 11) is 0. The average Bonchev–Trinajstić information content (AvgIpc) is 3.10. The molecular formula is C40H58O8S4. The van der Waals surface area contributed by atoms with Crippen molar-refractivity contribution in [3.05, 3.63) is 71.8 Å². The van der Waals surface area contributed by atoms with Crippen LogP contribution < -0.4 is 9.47 Å². The molecule has 0 saturated carbocycles. The van der Waals surface area contributed by atoms with Gasteiger partial charge in [-0.25, -0.2) is 9.59 Å². The zero-order valence-electron chi connectivity index (χ0n) is 32.3. The molecule has 0 heterocycles. The van der Waals surface area contributed by atoms with Gasteiger partial charge in [0.15, 0.2) is 12.2 Å². The van der Waals surface area contributed by atoms with Gasteiger partial charge in [-0.3, -0.25) is 0 Å². The monoisotopic (exact) mass is 794 g/mol. The van der Waals surface area contributed by atoms with E-state index >= 15 is 0 Å². The van der Waals surface area contributed by atoms with Crippen LogP contribution in [0.3, 0.4) is 0 Å². The Labute approximate surface area is 329 Å².